The summed E-state index contributed by atoms with van der Waals surface area (Å²) in [5.74, 6) is 0.168. The van der Waals surface area contributed by atoms with Crippen LogP contribution < -0.4 is 5.32 Å². The van der Waals surface area contributed by atoms with Crippen LogP contribution in [0.5, 0.6) is 0 Å². The Morgan fingerprint density at radius 2 is 1.84 bits per heavy atom. The van der Waals surface area contributed by atoms with E-state index in [1.807, 2.05) is 0 Å². The highest BCUT2D eigenvalue weighted by Gasteiger charge is 2.33. The summed E-state index contributed by atoms with van der Waals surface area (Å²) in [4.78, 5) is 38.2. The van der Waals surface area contributed by atoms with Crippen molar-refractivity contribution in [1.82, 2.24) is 15.1 Å². The van der Waals surface area contributed by atoms with Gasteiger partial charge in [-0.3, -0.25) is 14.5 Å². The number of likely N-dealkylation sites (N-methyl/N-ethyl adjacent to an activating group) is 1. The molecule has 19 heavy (non-hydrogen) atoms. The number of nitrogens with one attached hydrogen (secondary N) is 1. The van der Waals surface area contributed by atoms with Gasteiger partial charge in [-0.05, 0) is 25.2 Å². The number of piperidine rings is 2. The van der Waals surface area contributed by atoms with Crippen LogP contribution in [0.4, 0.5) is 4.79 Å². The lowest BCUT2D eigenvalue weighted by Gasteiger charge is -2.33. The van der Waals surface area contributed by atoms with E-state index in [0.717, 1.165) is 30.8 Å². The van der Waals surface area contributed by atoms with E-state index >= 15 is 0 Å². The van der Waals surface area contributed by atoms with E-state index in [2.05, 4.69) is 12.2 Å². The number of imide groups is 1. The van der Waals surface area contributed by atoms with Crippen molar-refractivity contribution in [3.05, 3.63) is 0 Å². The summed E-state index contributed by atoms with van der Waals surface area (Å²) in [5.41, 5.74) is 0. The predicted octanol–water partition coefficient (Wildman–Crippen LogP) is 0.575. The van der Waals surface area contributed by atoms with Gasteiger partial charge in [-0.25, -0.2) is 4.79 Å². The molecule has 2 heterocycles. The molecule has 0 aromatic heterocycles. The third-order valence-electron chi connectivity index (χ3n) is 4.02. The number of urea groups is 1. The van der Waals surface area contributed by atoms with Crippen LogP contribution in [0.1, 0.15) is 32.6 Å². The maximum absolute atomic E-state index is 12.1. The van der Waals surface area contributed by atoms with Crippen molar-refractivity contribution >= 4 is 17.8 Å². The minimum absolute atomic E-state index is 0.178. The second-order valence-corrected chi connectivity index (χ2v) is 5.50. The molecule has 2 saturated heterocycles. The predicted molar refractivity (Wildman–Crippen MR) is 69.3 cm³/mol. The maximum atomic E-state index is 12.1. The van der Waals surface area contributed by atoms with Gasteiger partial charge in [-0.1, -0.05) is 6.92 Å². The first-order chi connectivity index (χ1) is 8.99. The molecule has 0 radical (unpaired) electrons. The van der Waals surface area contributed by atoms with Crippen LogP contribution >= 0.6 is 0 Å². The Labute approximate surface area is 113 Å². The molecule has 2 rings (SSSR count). The van der Waals surface area contributed by atoms with Crippen LogP contribution in [0, 0.1) is 5.92 Å². The van der Waals surface area contributed by atoms with E-state index in [1.165, 1.54) is 7.05 Å². The number of hydrogen-bond acceptors (Lipinski definition) is 3. The van der Waals surface area contributed by atoms with Gasteiger partial charge in [0, 0.05) is 26.6 Å². The molecule has 0 saturated carbocycles. The standard InChI is InChI=1S/C13H21N3O3/c1-9-5-7-16(8-6-9)13(19)14-10-3-4-11(17)15(2)12(10)18/h9-10H,3-8H2,1-2H3,(H,14,19). The van der Waals surface area contributed by atoms with Crippen molar-refractivity contribution in [3.8, 4) is 0 Å². The zero-order chi connectivity index (χ0) is 14.0. The van der Waals surface area contributed by atoms with Gasteiger partial charge in [0.25, 0.3) is 5.91 Å². The monoisotopic (exact) mass is 267 g/mol. The van der Waals surface area contributed by atoms with E-state index < -0.39 is 6.04 Å². The Hall–Kier alpha value is -1.59. The van der Waals surface area contributed by atoms with Crippen molar-refractivity contribution in [2.24, 2.45) is 5.92 Å². The zero-order valence-electron chi connectivity index (χ0n) is 11.5. The van der Waals surface area contributed by atoms with Gasteiger partial charge < -0.3 is 10.2 Å². The van der Waals surface area contributed by atoms with Gasteiger partial charge in [-0.2, -0.15) is 0 Å². The Morgan fingerprint density at radius 3 is 2.47 bits per heavy atom. The van der Waals surface area contributed by atoms with Crippen molar-refractivity contribution < 1.29 is 14.4 Å². The van der Waals surface area contributed by atoms with E-state index in [-0.39, 0.29) is 17.8 Å². The van der Waals surface area contributed by atoms with Gasteiger partial charge >= 0.3 is 6.03 Å². The van der Waals surface area contributed by atoms with E-state index in [0.29, 0.717) is 18.8 Å². The SMILES string of the molecule is CC1CCN(C(=O)NC2CCC(=O)N(C)C2=O)CC1. The third-order valence-corrected chi connectivity index (χ3v) is 4.02. The molecule has 6 nitrogen and oxygen atoms in total. The normalized spacial score (nSPS) is 25.7. The number of nitrogens with zero attached hydrogens (tertiary/aromatic N) is 2. The zero-order valence-corrected chi connectivity index (χ0v) is 11.5. The second kappa shape index (κ2) is 5.59. The second-order valence-electron chi connectivity index (χ2n) is 5.50. The number of carbonyl (C=O) groups is 3. The minimum atomic E-state index is -0.561. The van der Waals surface area contributed by atoms with Gasteiger partial charge in [0.1, 0.15) is 6.04 Å². The molecule has 0 aromatic carbocycles. The lowest BCUT2D eigenvalue weighted by atomic mass is 9.99. The molecule has 1 N–H and O–H groups in total. The maximum Gasteiger partial charge on any atom is 0.318 e. The Morgan fingerprint density at radius 1 is 1.21 bits per heavy atom. The Balaban J connectivity index is 1.88. The lowest BCUT2D eigenvalue weighted by molar-refractivity contribution is -0.147. The molecule has 1 unspecified atom stereocenters. The molecule has 0 aliphatic carbocycles. The van der Waals surface area contributed by atoms with E-state index in [4.69, 9.17) is 0 Å². The quantitative estimate of drug-likeness (QED) is 0.706. The molecular weight excluding hydrogens is 246 g/mol. The smallest absolute Gasteiger partial charge is 0.318 e. The van der Waals surface area contributed by atoms with Crippen molar-refractivity contribution in [2.75, 3.05) is 20.1 Å². The van der Waals surface area contributed by atoms with Crippen molar-refractivity contribution in [3.63, 3.8) is 0 Å². The topological polar surface area (TPSA) is 69.7 Å². The number of amides is 4. The van der Waals surface area contributed by atoms with Crippen LogP contribution in [0.15, 0.2) is 0 Å². The lowest BCUT2D eigenvalue weighted by Crippen LogP contribution is -2.56. The van der Waals surface area contributed by atoms with Crippen LogP contribution in [0.25, 0.3) is 0 Å². The number of rotatable bonds is 1. The first-order valence-corrected chi connectivity index (χ1v) is 6.85. The van der Waals surface area contributed by atoms with Gasteiger partial charge in [0.15, 0.2) is 0 Å². The molecule has 0 spiro atoms. The summed E-state index contributed by atoms with van der Waals surface area (Å²) in [6, 6.07) is -0.748. The van der Waals surface area contributed by atoms with Crippen molar-refractivity contribution in [1.29, 1.82) is 0 Å². The molecule has 4 amide bonds. The molecule has 0 aromatic rings. The van der Waals surface area contributed by atoms with Crippen LogP contribution in [0.2, 0.25) is 0 Å². The Kier molecular flexibility index (Phi) is 4.07. The van der Waals surface area contributed by atoms with E-state index in [9.17, 15) is 14.4 Å². The Bertz CT molecular complexity index is 389. The molecule has 6 heteroatoms. The molecule has 2 fully saturated rings. The fourth-order valence-electron chi connectivity index (χ4n) is 2.50. The third kappa shape index (κ3) is 3.05. The molecule has 106 valence electrons. The minimum Gasteiger partial charge on any atom is -0.326 e. The van der Waals surface area contributed by atoms with Crippen LogP contribution in [0.3, 0.4) is 0 Å². The largest absolute Gasteiger partial charge is 0.326 e. The average molecular weight is 267 g/mol. The fraction of sp³-hybridized carbons (Fsp3) is 0.769. The summed E-state index contributed by atoms with van der Waals surface area (Å²) in [6.07, 6.45) is 2.72. The number of hydrogen-bond donors (Lipinski definition) is 1. The van der Waals surface area contributed by atoms with Gasteiger partial charge in [0.05, 0.1) is 0 Å². The summed E-state index contributed by atoms with van der Waals surface area (Å²) in [5, 5.41) is 2.75. The van der Waals surface area contributed by atoms with E-state index in [1.54, 1.807) is 4.90 Å². The summed E-state index contributed by atoms with van der Waals surface area (Å²) in [7, 11) is 1.46. The van der Waals surface area contributed by atoms with Crippen LogP contribution in [-0.2, 0) is 9.59 Å². The molecule has 0 bridgehead atoms. The van der Waals surface area contributed by atoms with Gasteiger partial charge in [0.2, 0.25) is 5.91 Å². The highest BCUT2D eigenvalue weighted by atomic mass is 16.2. The summed E-state index contributed by atoms with van der Waals surface area (Å²) >= 11 is 0. The first kappa shape index (κ1) is 13.8. The first-order valence-electron chi connectivity index (χ1n) is 6.85. The molecular formula is C13H21N3O3. The summed E-state index contributed by atoms with van der Waals surface area (Å²) in [6.45, 7) is 3.66. The highest BCUT2D eigenvalue weighted by Crippen LogP contribution is 2.17. The molecule has 2 aliphatic rings. The van der Waals surface area contributed by atoms with Gasteiger partial charge in [-0.15, -0.1) is 0 Å². The van der Waals surface area contributed by atoms with Crippen LogP contribution in [-0.4, -0.2) is 53.8 Å². The fourth-order valence-corrected chi connectivity index (χ4v) is 2.50. The van der Waals surface area contributed by atoms with Crippen molar-refractivity contribution in [2.45, 2.75) is 38.6 Å². The molecule has 2 aliphatic heterocycles. The number of carbonyl (C=O) groups excluding carboxylic acids is 3. The number of likely N-dealkylation sites (tertiary alicyclic amines) is 2. The average Bonchev–Trinajstić information content (AvgIpc) is 2.40. The highest BCUT2D eigenvalue weighted by molar-refractivity contribution is 6.01. The summed E-state index contributed by atoms with van der Waals surface area (Å²) < 4.78 is 0. The molecule has 1 atom stereocenters.